The standard InChI is InChI=1S/C25H27F4NO3/c1-15(2)22-24(25(22,28)29,18-11-19(26)13-20(27)12-18)14-21(31)30(23(32)33-4)16(3)10-17-8-6-5-7-9-17/h5-9,11-13,16,21-22,31H,1,10,14H2,2-4H3/t16-,21?,22?,24?/m1/s1. The van der Waals surface area contributed by atoms with Gasteiger partial charge in [-0.15, -0.1) is 0 Å². The molecule has 4 nitrogen and oxygen atoms in total. The molecule has 0 aliphatic heterocycles. The Morgan fingerprint density at radius 3 is 2.24 bits per heavy atom. The minimum Gasteiger partial charge on any atom is -0.453 e. The van der Waals surface area contributed by atoms with Crippen LogP contribution >= 0.6 is 0 Å². The van der Waals surface area contributed by atoms with Gasteiger partial charge in [0.05, 0.1) is 18.4 Å². The third kappa shape index (κ3) is 4.49. The highest BCUT2D eigenvalue weighted by molar-refractivity contribution is 5.68. The van der Waals surface area contributed by atoms with E-state index in [0.29, 0.717) is 12.5 Å². The molecule has 1 fully saturated rings. The van der Waals surface area contributed by atoms with Gasteiger partial charge in [-0.05, 0) is 43.5 Å². The highest BCUT2D eigenvalue weighted by Crippen LogP contribution is 2.71. The third-order valence-corrected chi connectivity index (χ3v) is 6.30. The van der Waals surface area contributed by atoms with Crippen molar-refractivity contribution < 1.29 is 32.2 Å². The Morgan fingerprint density at radius 1 is 1.18 bits per heavy atom. The van der Waals surface area contributed by atoms with E-state index in [-0.39, 0.29) is 11.1 Å². The maximum absolute atomic E-state index is 15.2. The molecular formula is C25H27F4NO3. The summed E-state index contributed by atoms with van der Waals surface area (Å²) in [6, 6.07) is 10.8. The molecule has 4 atom stereocenters. The van der Waals surface area contributed by atoms with Gasteiger partial charge < -0.3 is 9.84 Å². The third-order valence-electron chi connectivity index (χ3n) is 6.30. The smallest absolute Gasteiger partial charge is 0.411 e. The first-order chi connectivity index (χ1) is 15.5. The van der Waals surface area contributed by atoms with E-state index in [0.717, 1.165) is 29.7 Å². The van der Waals surface area contributed by atoms with Gasteiger partial charge >= 0.3 is 6.09 Å². The van der Waals surface area contributed by atoms with Crippen molar-refractivity contribution in [3.05, 3.63) is 83.4 Å². The number of benzene rings is 2. The lowest BCUT2D eigenvalue weighted by Gasteiger charge is -2.34. The minimum absolute atomic E-state index is 0.110. The summed E-state index contributed by atoms with van der Waals surface area (Å²) < 4.78 is 63.2. The van der Waals surface area contributed by atoms with Crippen LogP contribution in [-0.4, -0.2) is 41.4 Å². The SMILES string of the molecule is C=C(C)C1C(F)(F)C1(CC(O)N(C(=O)OC)[C@H](C)Cc1ccccc1)c1cc(F)cc(F)c1. The number of halogens is 4. The summed E-state index contributed by atoms with van der Waals surface area (Å²) in [5.41, 5.74) is -1.44. The van der Waals surface area contributed by atoms with Gasteiger partial charge in [0.25, 0.3) is 5.92 Å². The van der Waals surface area contributed by atoms with Gasteiger partial charge in [0.15, 0.2) is 0 Å². The van der Waals surface area contributed by atoms with Gasteiger partial charge in [0.2, 0.25) is 0 Å². The second kappa shape index (κ2) is 9.17. The predicted octanol–water partition coefficient (Wildman–Crippen LogP) is 5.45. The van der Waals surface area contributed by atoms with Crippen LogP contribution < -0.4 is 0 Å². The van der Waals surface area contributed by atoms with E-state index in [2.05, 4.69) is 6.58 Å². The number of nitrogens with zero attached hydrogens (tertiary/aromatic N) is 1. The van der Waals surface area contributed by atoms with Gasteiger partial charge in [-0.2, -0.15) is 0 Å². The fourth-order valence-electron chi connectivity index (χ4n) is 4.87. The van der Waals surface area contributed by atoms with Crippen LogP contribution in [0.15, 0.2) is 60.7 Å². The van der Waals surface area contributed by atoms with Crippen LogP contribution in [0.4, 0.5) is 22.4 Å². The molecule has 1 N–H and O–H groups in total. The highest BCUT2D eigenvalue weighted by atomic mass is 19.3. The molecule has 3 rings (SSSR count). The number of hydrogen-bond acceptors (Lipinski definition) is 3. The largest absolute Gasteiger partial charge is 0.453 e. The second-order valence-electron chi connectivity index (χ2n) is 8.63. The van der Waals surface area contributed by atoms with Crippen molar-refractivity contribution in [2.75, 3.05) is 7.11 Å². The maximum Gasteiger partial charge on any atom is 0.411 e. The second-order valence-corrected chi connectivity index (χ2v) is 8.63. The van der Waals surface area contributed by atoms with Gasteiger partial charge in [-0.1, -0.05) is 42.5 Å². The molecule has 2 aromatic carbocycles. The van der Waals surface area contributed by atoms with Gasteiger partial charge in [-0.3, -0.25) is 4.90 Å². The maximum atomic E-state index is 15.2. The summed E-state index contributed by atoms with van der Waals surface area (Å²) in [4.78, 5) is 13.5. The van der Waals surface area contributed by atoms with E-state index < -0.39 is 53.7 Å². The van der Waals surface area contributed by atoms with Crippen LogP contribution in [0.25, 0.3) is 0 Å². The average molecular weight is 465 g/mol. The van der Waals surface area contributed by atoms with Crippen LogP contribution in [-0.2, 0) is 16.6 Å². The van der Waals surface area contributed by atoms with E-state index in [1.807, 2.05) is 30.3 Å². The van der Waals surface area contributed by atoms with E-state index in [1.165, 1.54) is 6.92 Å². The van der Waals surface area contributed by atoms with Crippen molar-refractivity contribution >= 4 is 6.09 Å². The van der Waals surface area contributed by atoms with E-state index in [1.54, 1.807) is 6.92 Å². The number of aliphatic hydroxyl groups is 1. The molecule has 33 heavy (non-hydrogen) atoms. The Morgan fingerprint density at radius 2 is 1.76 bits per heavy atom. The van der Waals surface area contributed by atoms with Crippen molar-refractivity contribution in [1.82, 2.24) is 4.90 Å². The van der Waals surface area contributed by atoms with Crippen LogP contribution in [0.2, 0.25) is 0 Å². The normalized spacial score (nSPS) is 22.8. The highest BCUT2D eigenvalue weighted by Gasteiger charge is 2.81. The Hall–Kier alpha value is -2.87. The number of carbonyl (C=O) groups excluding carboxylic acids is 1. The van der Waals surface area contributed by atoms with E-state index in [4.69, 9.17) is 4.74 Å². The number of alkyl halides is 2. The summed E-state index contributed by atoms with van der Waals surface area (Å²) in [6.45, 7) is 6.68. The molecule has 1 aliphatic rings. The van der Waals surface area contributed by atoms with Crippen molar-refractivity contribution in [3.8, 4) is 0 Å². The van der Waals surface area contributed by atoms with Gasteiger partial charge in [0, 0.05) is 18.5 Å². The van der Waals surface area contributed by atoms with Crippen molar-refractivity contribution in [2.24, 2.45) is 5.92 Å². The number of ether oxygens (including phenoxy) is 1. The molecule has 178 valence electrons. The quantitative estimate of drug-likeness (QED) is 0.320. The van der Waals surface area contributed by atoms with Crippen LogP contribution in [0, 0.1) is 17.6 Å². The molecule has 1 amide bonds. The molecule has 3 unspecified atom stereocenters. The molecule has 0 spiro atoms. The Labute approximate surface area is 190 Å². The van der Waals surface area contributed by atoms with Crippen LogP contribution in [0.3, 0.4) is 0 Å². The van der Waals surface area contributed by atoms with Crippen molar-refractivity contribution in [2.45, 2.75) is 50.3 Å². The van der Waals surface area contributed by atoms with Crippen LogP contribution in [0.1, 0.15) is 31.4 Å². The number of rotatable bonds is 8. The zero-order valence-electron chi connectivity index (χ0n) is 18.7. The molecule has 0 heterocycles. The lowest BCUT2D eigenvalue weighted by atomic mass is 9.86. The predicted molar refractivity (Wildman–Crippen MR) is 116 cm³/mol. The summed E-state index contributed by atoms with van der Waals surface area (Å²) in [5.74, 6) is -6.90. The molecule has 8 heteroatoms. The zero-order valence-corrected chi connectivity index (χ0v) is 18.7. The lowest BCUT2D eigenvalue weighted by molar-refractivity contribution is -0.0344. The Kier molecular flexibility index (Phi) is 6.88. The molecule has 2 aromatic rings. The molecule has 0 saturated heterocycles. The zero-order chi connectivity index (χ0) is 24.6. The molecule has 0 radical (unpaired) electrons. The van der Waals surface area contributed by atoms with Gasteiger partial charge in [0.1, 0.15) is 17.9 Å². The molecule has 0 aromatic heterocycles. The first kappa shape index (κ1) is 24.8. The summed E-state index contributed by atoms with van der Waals surface area (Å²) in [5, 5.41) is 11.0. The van der Waals surface area contributed by atoms with E-state index >= 15 is 8.78 Å². The monoisotopic (exact) mass is 465 g/mol. The summed E-state index contributed by atoms with van der Waals surface area (Å²) in [7, 11) is 1.12. The Bertz CT molecular complexity index is 1010. The fraction of sp³-hybridized carbons (Fsp3) is 0.400. The average Bonchev–Trinajstić information content (AvgIpc) is 3.23. The van der Waals surface area contributed by atoms with Crippen LogP contribution in [0.5, 0.6) is 0 Å². The number of aliphatic hydroxyl groups excluding tert-OH is 1. The van der Waals surface area contributed by atoms with Crippen molar-refractivity contribution in [3.63, 3.8) is 0 Å². The topological polar surface area (TPSA) is 49.8 Å². The summed E-state index contributed by atoms with van der Waals surface area (Å²) in [6.07, 6.45) is -2.94. The number of allylic oxidation sites excluding steroid dienone is 1. The first-order valence-electron chi connectivity index (χ1n) is 10.5. The lowest BCUT2D eigenvalue weighted by Crippen LogP contribution is -2.48. The van der Waals surface area contributed by atoms with Gasteiger partial charge in [-0.25, -0.2) is 22.4 Å². The van der Waals surface area contributed by atoms with E-state index in [9.17, 15) is 18.7 Å². The first-order valence-corrected chi connectivity index (χ1v) is 10.5. The molecule has 1 saturated carbocycles. The number of amides is 1. The number of carbonyl (C=O) groups is 1. The fourth-order valence-corrected chi connectivity index (χ4v) is 4.87. The summed E-state index contributed by atoms with van der Waals surface area (Å²) >= 11 is 0. The number of methoxy groups -OCH3 is 1. The Balaban J connectivity index is 1.98. The number of hydrogen-bond donors (Lipinski definition) is 1. The minimum atomic E-state index is -3.43. The van der Waals surface area contributed by atoms with Crippen molar-refractivity contribution in [1.29, 1.82) is 0 Å². The molecule has 0 bridgehead atoms. The molecular weight excluding hydrogens is 438 g/mol. The molecule has 1 aliphatic carbocycles.